The summed E-state index contributed by atoms with van der Waals surface area (Å²) in [5.41, 5.74) is 0.931. The molecule has 0 unspecified atom stereocenters. The molecule has 1 aromatic carbocycles. The van der Waals surface area contributed by atoms with Gasteiger partial charge in [0.1, 0.15) is 0 Å². The summed E-state index contributed by atoms with van der Waals surface area (Å²) >= 11 is 11.8. The zero-order valence-electron chi connectivity index (χ0n) is 7.89. The predicted octanol–water partition coefficient (Wildman–Crippen LogP) is 4.37. The average molecular weight is 230 g/mol. The topological polar surface area (TPSA) is 12.0 Å². The van der Waals surface area contributed by atoms with Crippen molar-refractivity contribution in [2.45, 2.75) is 12.8 Å². The molecule has 0 bridgehead atoms. The maximum atomic E-state index is 5.98. The van der Waals surface area contributed by atoms with E-state index in [1.165, 1.54) is 0 Å². The van der Waals surface area contributed by atoms with Crippen LogP contribution < -0.4 is 5.32 Å². The lowest BCUT2D eigenvalue weighted by atomic mass is 10.3. The second-order valence-corrected chi connectivity index (χ2v) is 3.83. The Morgan fingerprint density at radius 1 is 1.36 bits per heavy atom. The molecule has 0 aliphatic carbocycles. The van der Waals surface area contributed by atoms with Crippen molar-refractivity contribution in [1.29, 1.82) is 0 Å². The number of benzene rings is 1. The van der Waals surface area contributed by atoms with Gasteiger partial charge in [0.2, 0.25) is 0 Å². The molecule has 3 heteroatoms. The molecular formula is C11H13Cl2N. The van der Waals surface area contributed by atoms with Crippen LogP contribution in [0.15, 0.2) is 30.9 Å². The van der Waals surface area contributed by atoms with Gasteiger partial charge in [0.25, 0.3) is 0 Å². The van der Waals surface area contributed by atoms with E-state index in [0.717, 1.165) is 25.1 Å². The highest BCUT2D eigenvalue weighted by atomic mass is 35.5. The third-order valence-corrected chi connectivity index (χ3v) is 2.38. The minimum atomic E-state index is 0.659. The number of hydrogen-bond donors (Lipinski definition) is 1. The summed E-state index contributed by atoms with van der Waals surface area (Å²) in [6, 6.07) is 5.45. The van der Waals surface area contributed by atoms with Crippen molar-refractivity contribution >= 4 is 28.9 Å². The van der Waals surface area contributed by atoms with Crippen LogP contribution in [0.2, 0.25) is 10.0 Å². The SMILES string of the molecule is C=CCCCNc1ccc(Cl)cc1Cl. The standard InChI is InChI=1S/C11H13Cl2N/c1-2-3-4-7-14-11-6-5-9(12)8-10(11)13/h2,5-6,8,14H,1,3-4,7H2. The second-order valence-electron chi connectivity index (χ2n) is 2.98. The van der Waals surface area contributed by atoms with Crippen molar-refractivity contribution in [1.82, 2.24) is 0 Å². The van der Waals surface area contributed by atoms with E-state index in [0.29, 0.717) is 10.0 Å². The van der Waals surface area contributed by atoms with Crippen LogP contribution in [-0.4, -0.2) is 6.54 Å². The van der Waals surface area contributed by atoms with E-state index in [-0.39, 0.29) is 0 Å². The summed E-state index contributed by atoms with van der Waals surface area (Å²) in [4.78, 5) is 0. The summed E-state index contributed by atoms with van der Waals surface area (Å²) in [5.74, 6) is 0. The highest BCUT2D eigenvalue weighted by molar-refractivity contribution is 6.36. The Balaban J connectivity index is 2.46. The first-order chi connectivity index (χ1) is 6.74. The van der Waals surface area contributed by atoms with Crippen molar-refractivity contribution in [3.05, 3.63) is 40.9 Å². The first-order valence-electron chi connectivity index (χ1n) is 4.54. The Bertz CT molecular complexity index is 310. The zero-order valence-corrected chi connectivity index (χ0v) is 9.41. The van der Waals surface area contributed by atoms with Gasteiger partial charge < -0.3 is 5.32 Å². The number of nitrogens with one attached hydrogen (secondary N) is 1. The van der Waals surface area contributed by atoms with Crippen LogP contribution in [-0.2, 0) is 0 Å². The molecule has 0 aliphatic rings. The van der Waals surface area contributed by atoms with Crippen LogP contribution >= 0.6 is 23.2 Å². The van der Waals surface area contributed by atoms with Crippen LogP contribution in [0.5, 0.6) is 0 Å². The lowest BCUT2D eigenvalue weighted by Gasteiger charge is -2.07. The Kier molecular flexibility index (Phi) is 4.85. The van der Waals surface area contributed by atoms with Gasteiger partial charge in [-0.1, -0.05) is 29.3 Å². The maximum Gasteiger partial charge on any atom is 0.0652 e. The molecule has 0 saturated carbocycles. The van der Waals surface area contributed by atoms with Gasteiger partial charge in [0, 0.05) is 11.6 Å². The van der Waals surface area contributed by atoms with Gasteiger partial charge in [-0.2, -0.15) is 0 Å². The average Bonchev–Trinajstić information content (AvgIpc) is 2.15. The number of allylic oxidation sites excluding steroid dienone is 1. The van der Waals surface area contributed by atoms with Gasteiger partial charge in [-0.25, -0.2) is 0 Å². The zero-order chi connectivity index (χ0) is 10.4. The van der Waals surface area contributed by atoms with Crippen molar-refractivity contribution in [2.75, 3.05) is 11.9 Å². The monoisotopic (exact) mass is 229 g/mol. The van der Waals surface area contributed by atoms with E-state index < -0.39 is 0 Å². The van der Waals surface area contributed by atoms with Crippen LogP contribution in [0.25, 0.3) is 0 Å². The highest BCUT2D eigenvalue weighted by Crippen LogP contribution is 2.25. The van der Waals surface area contributed by atoms with Crippen LogP contribution in [0.3, 0.4) is 0 Å². The minimum Gasteiger partial charge on any atom is -0.384 e. The molecular weight excluding hydrogens is 217 g/mol. The molecule has 0 atom stereocenters. The Morgan fingerprint density at radius 3 is 2.79 bits per heavy atom. The molecule has 76 valence electrons. The minimum absolute atomic E-state index is 0.659. The molecule has 1 aromatic rings. The molecule has 1 nitrogen and oxygen atoms in total. The van der Waals surface area contributed by atoms with E-state index in [1.54, 1.807) is 6.07 Å². The van der Waals surface area contributed by atoms with Gasteiger partial charge >= 0.3 is 0 Å². The quantitative estimate of drug-likeness (QED) is 0.584. The first-order valence-corrected chi connectivity index (χ1v) is 5.29. The van der Waals surface area contributed by atoms with Gasteiger partial charge in [-0.15, -0.1) is 6.58 Å². The number of anilines is 1. The predicted molar refractivity (Wildman–Crippen MR) is 64.4 cm³/mol. The molecule has 0 radical (unpaired) electrons. The number of rotatable bonds is 5. The summed E-state index contributed by atoms with van der Waals surface area (Å²) in [7, 11) is 0. The van der Waals surface area contributed by atoms with Gasteiger partial charge in [-0.05, 0) is 31.0 Å². The summed E-state index contributed by atoms with van der Waals surface area (Å²) in [6.07, 6.45) is 3.98. The summed E-state index contributed by atoms with van der Waals surface area (Å²) in [5, 5.41) is 4.56. The lowest BCUT2D eigenvalue weighted by Crippen LogP contribution is -2.01. The van der Waals surface area contributed by atoms with Crippen LogP contribution in [0.1, 0.15) is 12.8 Å². The number of unbranched alkanes of at least 4 members (excludes halogenated alkanes) is 1. The van der Waals surface area contributed by atoms with E-state index in [1.807, 2.05) is 18.2 Å². The lowest BCUT2D eigenvalue weighted by molar-refractivity contribution is 0.891. The van der Waals surface area contributed by atoms with Gasteiger partial charge in [0.05, 0.1) is 10.7 Å². The Hall–Kier alpha value is -0.660. The van der Waals surface area contributed by atoms with Gasteiger partial charge in [0.15, 0.2) is 0 Å². The second kappa shape index (κ2) is 5.94. The third-order valence-electron chi connectivity index (χ3n) is 1.83. The maximum absolute atomic E-state index is 5.98. The molecule has 0 spiro atoms. The van der Waals surface area contributed by atoms with Crippen molar-refractivity contribution in [3.8, 4) is 0 Å². The van der Waals surface area contributed by atoms with E-state index in [9.17, 15) is 0 Å². The van der Waals surface area contributed by atoms with E-state index in [4.69, 9.17) is 23.2 Å². The molecule has 0 amide bonds. The number of halogens is 2. The van der Waals surface area contributed by atoms with Crippen LogP contribution in [0.4, 0.5) is 5.69 Å². The molecule has 0 heterocycles. The normalized spacial score (nSPS) is 9.86. The largest absolute Gasteiger partial charge is 0.384 e. The van der Waals surface area contributed by atoms with E-state index in [2.05, 4.69) is 11.9 Å². The van der Waals surface area contributed by atoms with Crippen molar-refractivity contribution < 1.29 is 0 Å². The molecule has 0 saturated heterocycles. The first kappa shape index (κ1) is 11.4. The molecule has 1 N–H and O–H groups in total. The summed E-state index contributed by atoms with van der Waals surface area (Å²) in [6.45, 7) is 4.56. The molecule has 0 aromatic heterocycles. The smallest absolute Gasteiger partial charge is 0.0652 e. The fraction of sp³-hybridized carbons (Fsp3) is 0.273. The summed E-state index contributed by atoms with van der Waals surface area (Å²) < 4.78 is 0. The van der Waals surface area contributed by atoms with E-state index >= 15 is 0 Å². The Morgan fingerprint density at radius 2 is 2.14 bits per heavy atom. The van der Waals surface area contributed by atoms with Crippen molar-refractivity contribution in [2.24, 2.45) is 0 Å². The third kappa shape index (κ3) is 3.60. The van der Waals surface area contributed by atoms with Crippen molar-refractivity contribution in [3.63, 3.8) is 0 Å². The Labute approximate surface area is 94.7 Å². The fourth-order valence-electron chi connectivity index (χ4n) is 1.10. The highest BCUT2D eigenvalue weighted by Gasteiger charge is 1.99. The van der Waals surface area contributed by atoms with Gasteiger partial charge in [-0.3, -0.25) is 0 Å². The van der Waals surface area contributed by atoms with Crippen LogP contribution in [0, 0.1) is 0 Å². The molecule has 0 fully saturated rings. The molecule has 1 rings (SSSR count). The molecule has 14 heavy (non-hydrogen) atoms. The molecule has 0 aliphatic heterocycles. The number of hydrogen-bond acceptors (Lipinski definition) is 1. The fourth-order valence-corrected chi connectivity index (χ4v) is 1.58.